The van der Waals surface area contributed by atoms with Gasteiger partial charge in [-0.2, -0.15) is 0 Å². The Labute approximate surface area is 133 Å². The SMILES string of the molecule is COc1ccc2ncc(=O)n(CCN3CC[C@H](N)[C@H](F)C3)c2c1. The lowest BCUT2D eigenvalue weighted by Gasteiger charge is -2.32. The van der Waals surface area contributed by atoms with E-state index in [2.05, 4.69) is 4.98 Å². The summed E-state index contributed by atoms with van der Waals surface area (Å²) < 4.78 is 20.6. The van der Waals surface area contributed by atoms with E-state index in [0.717, 1.165) is 17.6 Å². The van der Waals surface area contributed by atoms with Gasteiger partial charge in [0.15, 0.2) is 0 Å². The van der Waals surface area contributed by atoms with Crippen LogP contribution in [0.15, 0.2) is 29.2 Å². The molecule has 6 nitrogen and oxygen atoms in total. The first-order valence-corrected chi connectivity index (χ1v) is 7.74. The van der Waals surface area contributed by atoms with Gasteiger partial charge in [0.2, 0.25) is 0 Å². The van der Waals surface area contributed by atoms with Crippen LogP contribution in [0, 0.1) is 0 Å². The van der Waals surface area contributed by atoms with E-state index < -0.39 is 6.17 Å². The molecule has 7 heteroatoms. The third-order valence-corrected chi connectivity index (χ3v) is 4.37. The number of nitrogens with zero attached hydrogens (tertiary/aromatic N) is 3. The Hall–Kier alpha value is -1.99. The van der Waals surface area contributed by atoms with Crippen molar-refractivity contribution >= 4 is 11.0 Å². The monoisotopic (exact) mass is 320 g/mol. The molecular weight excluding hydrogens is 299 g/mol. The van der Waals surface area contributed by atoms with Gasteiger partial charge in [-0.05, 0) is 25.1 Å². The zero-order valence-corrected chi connectivity index (χ0v) is 13.1. The van der Waals surface area contributed by atoms with Crippen molar-refractivity contribution in [1.82, 2.24) is 14.5 Å². The van der Waals surface area contributed by atoms with Gasteiger partial charge < -0.3 is 15.0 Å². The van der Waals surface area contributed by atoms with Crippen LogP contribution in [-0.2, 0) is 6.54 Å². The molecule has 0 saturated carbocycles. The van der Waals surface area contributed by atoms with E-state index in [-0.39, 0.29) is 11.6 Å². The summed E-state index contributed by atoms with van der Waals surface area (Å²) in [5.74, 6) is 0.673. The first-order chi connectivity index (χ1) is 11.1. The Morgan fingerprint density at radius 2 is 2.26 bits per heavy atom. The largest absolute Gasteiger partial charge is 0.497 e. The molecule has 1 aromatic carbocycles. The lowest BCUT2D eigenvalue weighted by atomic mass is 10.0. The molecular formula is C16H21FN4O2. The minimum Gasteiger partial charge on any atom is -0.497 e. The first kappa shape index (κ1) is 15.9. The summed E-state index contributed by atoms with van der Waals surface area (Å²) in [7, 11) is 1.58. The van der Waals surface area contributed by atoms with Crippen molar-refractivity contribution in [2.45, 2.75) is 25.2 Å². The fraction of sp³-hybridized carbons (Fsp3) is 0.500. The van der Waals surface area contributed by atoms with Gasteiger partial charge in [0.05, 0.1) is 24.3 Å². The van der Waals surface area contributed by atoms with E-state index in [9.17, 15) is 9.18 Å². The summed E-state index contributed by atoms with van der Waals surface area (Å²) in [5.41, 5.74) is 6.98. The molecule has 0 unspecified atom stereocenters. The van der Waals surface area contributed by atoms with Crippen molar-refractivity contribution in [1.29, 1.82) is 0 Å². The van der Waals surface area contributed by atoms with E-state index in [1.807, 2.05) is 17.0 Å². The highest BCUT2D eigenvalue weighted by Gasteiger charge is 2.26. The highest BCUT2D eigenvalue weighted by molar-refractivity contribution is 5.76. The summed E-state index contributed by atoms with van der Waals surface area (Å²) in [6, 6.07) is 5.05. The van der Waals surface area contributed by atoms with Crippen LogP contribution in [0.4, 0.5) is 4.39 Å². The maximum absolute atomic E-state index is 13.7. The molecule has 2 aromatic rings. The Morgan fingerprint density at radius 1 is 1.43 bits per heavy atom. The van der Waals surface area contributed by atoms with Gasteiger partial charge in [-0.25, -0.2) is 9.37 Å². The molecule has 3 rings (SSSR count). The van der Waals surface area contributed by atoms with Gasteiger partial charge in [0, 0.05) is 31.7 Å². The topological polar surface area (TPSA) is 73.4 Å². The fourth-order valence-corrected chi connectivity index (χ4v) is 2.93. The molecule has 2 N–H and O–H groups in total. The number of hydrogen-bond donors (Lipinski definition) is 1. The van der Waals surface area contributed by atoms with Crippen molar-refractivity contribution in [3.8, 4) is 5.75 Å². The van der Waals surface area contributed by atoms with E-state index >= 15 is 0 Å². The molecule has 1 fully saturated rings. The second kappa shape index (κ2) is 6.64. The minimum atomic E-state index is -1.00. The van der Waals surface area contributed by atoms with Crippen molar-refractivity contribution < 1.29 is 9.13 Å². The number of ether oxygens (including phenoxy) is 1. The van der Waals surface area contributed by atoms with E-state index in [4.69, 9.17) is 10.5 Å². The highest BCUT2D eigenvalue weighted by atomic mass is 19.1. The number of piperidine rings is 1. The van der Waals surface area contributed by atoms with Crippen LogP contribution >= 0.6 is 0 Å². The van der Waals surface area contributed by atoms with E-state index in [1.54, 1.807) is 17.7 Å². The van der Waals surface area contributed by atoms with Crippen LogP contribution in [0.3, 0.4) is 0 Å². The molecule has 23 heavy (non-hydrogen) atoms. The number of fused-ring (bicyclic) bond motifs is 1. The van der Waals surface area contributed by atoms with Crippen LogP contribution in [0.25, 0.3) is 11.0 Å². The molecule has 0 spiro atoms. The summed E-state index contributed by atoms with van der Waals surface area (Å²) in [6.45, 7) is 2.15. The van der Waals surface area contributed by atoms with Crippen molar-refractivity contribution in [2.75, 3.05) is 26.7 Å². The molecule has 1 aliphatic heterocycles. The second-order valence-corrected chi connectivity index (χ2v) is 5.87. The quantitative estimate of drug-likeness (QED) is 0.901. The molecule has 0 radical (unpaired) electrons. The van der Waals surface area contributed by atoms with Crippen LogP contribution in [-0.4, -0.2) is 53.4 Å². The number of halogens is 1. The Kier molecular flexibility index (Phi) is 4.58. The smallest absolute Gasteiger partial charge is 0.269 e. The van der Waals surface area contributed by atoms with Crippen LogP contribution in [0.5, 0.6) is 5.75 Å². The summed E-state index contributed by atoms with van der Waals surface area (Å²) in [4.78, 5) is 18.3. The average molecular weight is 320 g/mol. The number of aromatic nitrogens is 2. The normalized spacial score (nSPS) is 22.4. The molecule has 0 bridgehead atoms. The zero-order valence-electron chi connectivity index (χ0n) is 13.1. The van der Waals surface area contributed by atoms with Crippen molar-refractivity contribution in [2.24, 2.45) is 5.73 Å². The lowest BCUT2D eigenvalue weighted by Crippen LogP contribution is -2.49. The maximum Gasteiger partial charge on any atom is 0.269 e. The number of hydrogen-bond acceptors (Lipinski definition) is 5. The number of rotatable bonds is 4. The number of benzene rings is 1. The zero-order chi connectivity index (χ0) is 16.4. The van der Waals surface area contributed by atoms with Crippen LogP contribution in [0.2, 0.25) is 0 Å². The molecule has 2 heterocycles. The number of methoxy groups -OCH3 is 1. The fourth-order valence-electron chi connectivity index (χ4n) is 2.93. The van der Waals surface area contributed by atoms with Gasteiger partial charge >= 0.3 is 0 Å². The highest BCUT2D eigenvalue weighted by Crippen LogP contribution is 2.18. The molecule has 124 valence electrons. The number of likely N-dealkylation sites (tertiary alicyclic amines) is 1. The maximum atomic E-state index is 13.7. The summed E-state index contributed by atoms with van der Waals surface area (Å²) in [5, 5.41) is 0. The van der Waals surface area contributed by atoms with Gasteiger partial charge in [0.25, 0.3) is 5.56 Å². The molecule has 0 amide bonds. The first-order valence-electron chi connectivity index (χ1n) is 7.74. The van der Waals surface area contributed by atoms with Crippen LogP contribution in [0.1, 0.15) is 6.42 Å². The number of alkyl halides is 1. The Bertz CT molecular complexity index is 748. The molecule has 1 aromatic heterocycles. The van der Waals surface area contributed by atoms with Crippen LogP contribution < -0.4 is 16.0 Å². The average Bonchev–Trinajstić information content (AvgIpc) is 2.56. The van der Waals surface area contributed by atoms with Gasteiger partial charge in [0.1, 0.15) is 11.9 Å². The van der Waals surface area contributed by atoms with Gasteiger partial charge in [-0.15, -0.1) is 0 Å². The predicted octanol–water partition coefficient (Wildman–Crippen LogP) is 0.776. The Balaban J connectivity index is 1.82. The standard InChI is InChI=1S/C16H21FN4O2/c1-23-11-2-3-14-15(8-11)21(16(22)9-19-14)7-6-20-5-4-13(18)12(17)10-20/h2-3,8-9,12-13H,4-7,10,18H2,1H3/t12-,13+/m1/s1. The third-order valence-electron chi connectivity index (χ3n) is 4.37. The summed E-state index contributed by atoms with van der Waals surface area (Å²) in [6.07, 6.45) is 0.953. The number of nitrogens with two attached hydrogens (primary N) is 1. The van der Waals surface area contributed by atoms with Gasteiger partial charge in [-0.1, -0.05) is 0 Å². The van der Waals surface area contributed by atoms with Crippen molar-refractivity contribution in [3.63, 3.8) is 0 Å². The van der Waals surface area contributed by atoms with E-state index in [1.165, 1.54) is 6.20 Å². The second-order valence-electron chi connectivity index (χ2n) is 5.87. The third kappa shape index (κ3) is 3.35. The summed E-state index contributed by atoms with van der Waals surface area (Å²) >= 11 is 0. The van der Waals surface area contributed by atoms with Crippen molar-refractivity contribution in [3.05, 3.63) is 34.7 Å². The molecule has 1 saturated heterocycles. The minimum absolute atomic E-state index is 0.170. The predicted molar refractivity (Wildman–Crippen MR) is 86.5 cm³/mol. The van der Waals surface area contributed by atoms with E-state index in [0.29, 0.717) is 31.8 Å². The molecule has 0 aliphatic carbocycles. The van der Waals surface area contributed by atoms with Gasteiger partial charge in [-0.3, -0.25) is 9.69 Å². The Morgan fingerprint density at radius 3 is 3.00 bits per heavy atom. The molecule has 2 atom stereocenters. The molecule has 1 aliphatic rings. The lowest BCUT2D eigenvalue weighted by molar-refractivity contribution is 0.116.